The average Bonchev–Trinajstić information content (AvgIpc) is 3.22. The third kappa shape index (κ3) is 5.56. The van der Waals surface area contributed by atoms with Gasteiger partial charge in [0.2, 0.25) is 0 Å². The lowest BCUT2D eigenvalue weighted by atomic mass is 9.85. The first-order valence-corrected chi connectivity index (χ1v) is 17.5. The van der Waals surface area contributed by atoms with Gasteiger partial charge in [-0.3, -0.25) is 0 Å². The molecule has 0 aliphatic rings. The topological polar surface area (TPSA) is 3.24 Å². The SMILES string of the molecule is c1ccc(-c2ccccc2N(c2ccc3c(c2)c(-c2ccccc2)c(-c2ccccc2)c2ccccc23)c2ccccc2-c2ccccc2)cc1. The Kier molecular flexibility index (Phi) is 7.92. The molecular weight excluding hydrogens is 615 g/mol. The van der Waals surface area contributed by atoms with E-state index in [1.807, 2.05) is 0 Å². The van der Waals surface area contributed by atoms with Gasteiger partial charge < -0.3 is 4.90 Å². The molecule has 0 unspecified atom stereocenters. The molecule has 1 nitrogen and oxygen atoms in total. The molecule has 9 aromatic rings. The highest BCUT2D eigenvalue weighted by molar-refractivity contribution is 6.22. The van der Waals surface area contributed by atoms with Crippen molar-refractivity contribution >= 4 is 38.6 Å². The van der Waals surface area contributed by atoms with Gasteiger partial charge in [0.05, 0.1) is 11.4 Å². The number of fused-ring (bicyclic) bond motifs is 3. The van der Waals surface area contributed by atoms with E-state index < -0.39 is 0 Å². The van der Waals surface area contributed by atoms with Crippen LogP contribution in [0.4, 0.5) is 17.1 Å². The summed E-state index contributed by atoms with van der Waals surface area (Å²) in [7, 11) is 0. The quantitative estimate of drug-likeness (QED) is 0.155. The lowest BCUT2D eigenvalue weighted by Gasteiger charge is -2.30. The van der Waals surface area contributed by atoms with Crippen molar-refractivity contribution in [2.24, 2.45) is 0 Å². The Morgan fingerprint density at radius 1 is 0.255 bits per heavy atom. The first kappa shape index (κ1) is 30.4. The standard InChI is InChI=1S/C50H35N/c1-5-19-36(20-6-1)41-27-15-17-31-47(41)51(48-32-18-16-28-42(48)37-21-7-2-8-22-37)40-33-34-44-43-29-13-14-30-45(43)49(38-23-9-3-10-24-38)50(46(44)35-40)39-25-11-4-12-26-39/h1-35H. The first-order chi connectivity index (χ1) is 25.3. The third-order valence-corrected chi connectivity index (χ3v) is 9.85. The zero-order valence-corrected chi connectivity index (χ0v) is 28.2. The Bertz CT molecular complexity index is 2530. The molecule has 0 N–H and O–H groups in total. The molecule has 0 radical (unpaired) electrons. The molecule has 0 amide bonds. The van der Waals surface area contributed by atoms with E-state index in [9.17, 15) is 0 Å². The van der Waals surface area contributed by atoms with E-state index in [2.05, 4.69) is 217 Å². The van der Waals surface area contributed by atoms with Gasteiger partial charge in [-0.25, -0.2) is 0 Å². The summed E-state index contributed by atoms with van der Waals surface area (Å²) in [6, 6.07) is 76.6. The molecule has 0 heterocycles. The molecule has 0 bridgehead atoms. The summed E-state index contributed by atoms with van der Waals surface area (Å²) >= 11 is 0. The fourth-order valence-electron chi connectivity index (χ4n) is 7.60. The molecule has 0 fully saturated rings. The molecule has 51 heavy (non-hydrogen) atoms. The minimum atomic E-state index is 1.10. The van der Waals surface area contributed by atoms with E-state index >= 15 is 0 Å². The van der Waals surface area contributed by atoms with Crippen molar-refractivity contribution in [2.45, 2.75) is 0 Å². The summed E-state index contributed by atoms with van der Waals surface area (Å²) in [5.74, 6) is 0. The summed E-state index contributed by atoms with van der Waals surface area (Å²) in [4.78, 5) is 2.45. The summed E-state index contributed by atoms with van der Waals surface area (Å²) in [6.07, 6.45) is 0. The molecule has 0 atom stereocenters. The van der Waals surface area contributed by atoms with Crippen LogP contribution in [0.15, 0.2) is 212 Å². The minimum Gasteiger partial charge on any atom is -0.309 e. The second-order valence-corrected chi connectivity index (χ2v) is 12.9. The van der Waals surface area contributed by atoms with Crippen LogP contribution >= 0.6 is 0 Å². The number of rotatable bonds is 7. The average molecular weight is 650 g/mol. The third-order valence-electron chi connectivity index (χ3n) is 9.85. The summed E-state index contributed by atoms with van der Waals surface area (Å²) in [5.41, 5.74) is 12.9. The van der Waals surface area contributed by atoms with Crippen molar-refractivity contribution in [3.05, 3.63) is 212 Å². The van der Waals surface area contributed by atoms with Crippen molar-refractivity contribution in [1.82, 2.24) is 0 Å². The summed E-state index contributed by atoms with van der Waals surface area (Å²) < 4.78 is 0. The molecule has 0 aromatic heterocycles. The zero-order valence-electron chi connectivity index (χ0n) is 28.2. The smallest absolute Gasteiger partial charge is 0.0540 e. The highest BCUT2D eigenvalue weighted by Gasteiger charge is 2.23. The Balaban J connectivity index is 1.40. The predicted molar refractivity (Wildman–Crippen MR) is 218 cm³/mol. The van der Waals surface area contributed by atoms with E-state index in [1.54, 1.807) is 0 Å². The van der Waals surface area contributed by atoms with E-state index in [1.165, 1.54) is 66.1 Å². The Hall–Kier alpha value is -6.70. The van der Waals surface area contributed by atoms with Crippen LogP contribution in [0, 0.1) is 0 Å². The van der Waals surface area contributed by atoms with Gasteiger partial charge in [0.25, 0.3) is 0 Å². The molecule has 0 aliphatic heterocycles. The van der Waals surface area contributed by atoms with Gasteiger partial charge in [0, 0.05) is 16.8 Å². The fourth-order valence-corrected chi connectivity index (χ4v) is 7.60. The highest BCUT2D eigenvalue weighted by atomic mass is 15.1. The maximum atomic E-state index is 2.45. The van der Waals surface area contributed by atoms with Crippen LogP contribution in [-0.4, -0.2) is 0 Å². The van der Waals surface area contributed by atoms with Crippen molar-refractivity contribution in [3.8, 4) is 44.5 Å². The fraction of sp³-hybridized carbons (Fsp3) is 0. The Morgan fingerprint density at radius 3 is 1.14 bits per heavy atom. The minimum absolute atomic E-state index is 1.10. The van der Waals surface area contributed by atoms with E-state index in [0.717, 1.165) is 17.1 Å². The number of nitrogens with zero attached hydrogens (tertiary/aromatic N) is 1. The highest BCUT2D eigenvalue weighted by Crippen LogP contribution is 2.49. The predicted octanol–water partition coefficient (Wildman–Crippen LogP) is 14.1. The van der Waals surface area contributed by atoms with Crippen molar-refractivity contribution in [2.75, 3.05) is 4.90 Å². The molecule has 0 spiro atoms. The molecule has 9 rings (SSSR count). The van der Waals surface area contributed by atoms with Gasteiger partial charge >= 0.3 is 0 Å². The van der Waals surface area contributed by atoms with Crippen LogP contribution in [0.25, 0.3) is 66.1 Å². The summed E-state index contributed by atoms with van der Waals surface area (Å²) in [6.45, 7) is 0. The van der Waals surface area contributed by atoms with Crippen LogP contribution in [0.5, 0.6) is 0 Å². The second-order valence-electron chi connectivity index (χ2n) is 12.9. The lowest BCUT2D eigenvalue weighted by molar-refractivity contribution is 1.29. The van der Waals surface area contributed by atoms with E-state index in [4.69, 9.17) is 0 Å². The van der Waals surface area contributed by atoms with Gasteiger partial charge in [-0.15, -0.1) is 0 Å². The molecule has 240 valence electrons. The van der Waals surface area contributed by atoms with Crippen LogP contribution in [0.3, 0.4) is 0 Å². The van der Waals surface area contributed by atoms with Crippen molar-refractivity contribution < 1.29 is 0 Å². The Labute approximate surface area is 299 Å². The Morgan fingerprint density at radius 2 is 0.627 bits per heavy atom. The number of para-hydroxylation sites is 2. The lowest BCUT2D eigenvalue weighted by Crippen LogP contribution is -2.12. The number of hydrogen-bond donors (Lipinski definition) is 0. The number of benzene rings is 9. The van der Waals surface area contributed by atoms with Crippen LogP contribution in [0.2, 0.25) is 0 Å². The molecule has 0 aliphatic carbocycles. The van der Waals surface area contributed by atoms with Crippen molar-refractivity contribution in [1.29, 1.82) is 0 Å². The van der Waals surface area contributed by atoms with Gasteiger partial charge in [0.15, 0.2) is 0 Å². The number of anilines is 3. The second kappa shape index (κ2) is 13.3. The van der Waals surface area contributed by atoms with Gasteiger partial charge in [-0.2, -0.15) is 0 Å². The maximum Gasteiger partial charge on any atom is 0.0540 e. The van der Waals surface area contributed by atoms with Crippen LogP contribution in [0.1, 0.15) is 0 Å². The van der Waals surface area contributed by atoms with E-state index in [0.29, 0.717) is 0 Å². The maximum absolute atomic E-state index is 2.45. The van der Waals surface area contributed by atoms with E-state index in [-0.39, 0.29) is 0 Å². The monoisotopic (exact) mass is 649 g/mol. The molecule has 0 saturated heterocycles. The van der Waals surface area contributed by atoms with Gasteiger partial charge in [-0.1, -0.05) is 188 Å². The van der Waals surface area contributed by atoms with Gasteiger partial charge in [-0.05, 0) is 79.2 Å². The van der Waals surface area contributed by atoms with Crippen LogP contribution < -0.4 is 4.90 Å². The van der Waals surface area contributed by atoms with Gasteiger partial charge in [0.1, 0.15) is 0 Å². The molecule has 0 saturated carbocycles. The molecular formula is C50H35N. The number of hydrogen-bond acceptors (Lipinski definition) is 1. The largest absolute Gasteiger partial charge is 0.309 e. The molecule has 1 heteroatoms. The summed E-state index contributed by atoms with van der Waals surface area (Å²) in [5, 5.41) is 4.96. The van der Waals surface area contributed by atoms with Crippen molar-refractivity contribution in [3.63, 3.8) is 0 Å². The molecule has 9 aromatic carbocycles. The normalized spacial score (nSPS) is 11.1. The zero-order chi connectivity index (χ0) is 34.0. The van der Waals surface area contributed by atoms with Crippen LogP contribution in [-0.2, 0) is 0 Å². The first-order valence-electron chi connectivity index (χ1n) is 17.5.